The number of aliphatic carboxylic acids is 1. The normalized spacial score (nSPS) is 15.9. The Morgan fingerprint density at radius 3 is 2.56 bits per heavy atom. The third-order valence-electron chi connectivity index (χ3n) is 2.79. The molecule has 1 fully saturated rings. The first-order valence-corrected chi connectivity index (χ1v) is 7.14. The van der Waals surface area contributed by atoms with Crippen molar-refractivity contribution in [3.05, 3.63) is 0 Å². The minimum absolute atomic E-state index is 0.0241. The highest BCUT2D eigenvalue weighted by molar-refractivity contribution is 7.86. The highest BCUT2D eigenvalue weighted by Crippen LogP contribution is 2.30. The molecule has 0 amide bonds. The van der Waals surface area contributed by atoms with Gasteiger partial charge in [-0.3, -0.25) is 4.79 Å². The van der Waals surface area contributed by atoms with E-state index < -0.39 is 16.2 Å². The molecule has 18 heavy (non-hydrogen) atoms. The first-order chi connectivity index (χ1) is 8.37. The maximum absolute atomic E-state index is 12.2. The van der Waals surface area contributed by atoms with Crippen LogP contribution in [0.4, 0.5) is 0 Å². The molecule has 1 saturated carbocycles. The number of carbonyl (C=O) groups is 1. The minimum Gasteiger partial charge on any atom is -0.481 e. The van der Waals surface area contributed by atoms with Gasteiger partial charge in [0.15, 0.2) is 0 Å². The SMILES string of the molecule is C#CCN(CC1CC1)S(=O)(=O)N(C)CCC(=O)O. The number of nitrogens with zero attached hydrogens (tertiary/aromatic N) is 2. The van der Waals surface area contributed by atoms with Crippen LogP contribution in [0.5, 0.6) is 0 Å². The van der Waals surface area contributed by atoms with Crippen LogP contribution in [0.1, 0.15) is 19.3 Å². The van der Waals surface area contributed by atoms with Crippen molar-refractivity contribution in [2.45, 2.75) is 19.3 Å². The highest BCUT2D eigenvalue weighted by Gasteiger charge is 2.32. The number of rotatable bonds is 8. The molecular formula is C11H18N2O4S. The van der Waals surface area contributed by atoms with E-state index in [9.17, 15) is 13.2 Å². The maximum Gasteiger partial charge on any atom is 0.304 e. The zero-order chi connectivity index (χ0) is 13.8. The molecule has 0 aromatic rings. The molecule has 0 unspecified atom stereocenters. The summed E-state index contributed by atoms with van der Waals surface area (Å²) in [4.78, 5) is 10.4. The molecule has 1 aliphatic carbocycles. The van der Waals surface area contributed by atoms with Gasteiger partial charge in [0, 0.05) is 20.1 Å². The predicted octanol–water partition coefficient (Wildman–Crippen LogP) is -0.0171. The van der Waals surface area contributed by atoms with Gasteiger partial charge in [-0.2, -0.15) is 17.0 Å². The second kappa shape index (κ2) is 6.18. The van der Waals surface area contributed by atoms with Gasteiger partial charge in [-0.25, -0.2) is 0 Å². The third kappa shape index (κ3) is 4.29. The van der Waals surface area contributed by atoms with Crippen LogP contribution in [0.25, 0.3) is 0 Å². The Morgan fingerprint density at radius 2 is 2.11 bits per heavy atom. The summed E-state index contributed by atoms with van der Waals surface area (Å²) in [7, 11) is -2.28. The summed E-state index contributed by atoms with van der Waals surface area (Å²) < 4.78 is 26.6. The van der Waals surface area contributed by atoms with Crippen LogP contribution >= 0.6 is 0 Å². The van der Waals surface area contributed by atoms with Gasteiger partial charge in [0.2, 0.25) is 0 Å². The highest BCUT2D eigenvalue weighted by atomic mass is 32.2. The van der Waals surface area contributed by atoms with Gasteiger partial charge >= 0.3 is 5.97 Å². The van der Waals surface area contributed by atoms with Gasteiger partial charge in [-0.15, -0.1) is 6.42 Å². The first-order valence-electron chi connectivity index (χ1n) is 5.74. The van der Waals surface area contributed by atoms with Gasteiger partial charge in [0.25, 0.3) is 10.2 Å². The van der Waals surface area contributed by atoms with Crippen LogP contribution in [-0.2, 0) is 15.0 Å². The fourth-order valence-electron chi connectivity index (χ4n) is 1.50. The zero-order valence-corrected chi connectivity index (χ0v) is 11.2. The first kappa shape index (κ1) is 15.0. The Labute approximate surface area is 108 Å². The van der Waals surface area contributed by atoms with Gasteiger partial charge in [0.1, 0.15) is 0 Å². The summed E-state index contributed by atoms with van der Waals surface area (Å²) in [6.07, 6.45) is 7.00. The van der Waals surface area contributed by atoms with Gasteiger partial charge < -0.3 is 5.11 Å². The number of carboxylic acid groups (broad SMARTS) is 1. The molecule has 102 valence electrons. The molecule has 0 atom stereocenters. The lowest BCUT2D eigenvalue weighted by Crippen LogP contribution is -2.43. The maximum atomic E-state index is 12.2. The van der Waals surface area contributed by atoms with Gasteiger partial charge in [0.05, 0.1) is 13.0 Å². The molecular weight excluding hydrogens is 256 g/mol. The fraction of sp³-hybridized carbons (Fsp3) is 0.727. The second-order valence-corrected chi connectivity index (χ2v) is 6.45. The topological polar surface area (TPSA) is 77.9 Å². The van der Waals surface area contributed by atoms with E-state index in [1.54, 1.807) is 0 Å². The van der Waals surface area contributed by atoms with E-state index in [1.807, 2.05) is 0 Å². The Kier molecular flexibility index (Phi) is 5.14. The van der Waals surface area contributed by atoms with E-state index in [4.69, 9.17) is 11.5 Å². The smallest absolute Gasteiger partial charge is 0.304 e. The van der Waals surface area contributed by atoms with Crippen molar-refractivity contribution >= 4 is 16.2 Å². The molecule has 0 spiro atoms. The largest absolute Gasteiger partial charge is 0.481 e. The molecule has 0 aromatic carbocycles. The Balaban J connectivity index is 2.66. The molecule has 0 aliphatic heterocycles. The number of carboxylic acids is 1. The monoisotopic (exact) mass is 274 g/mol. The molecule has 1 N–H and O–H groups in total. The molecule has 6 nitrogen and oxygen atoms in total. The Bertz CT molecular complexity index is 436. The summed E-state index contributed by atoms with van der Waals surface area (Å²) in [6.45, 7) is 0.392. The lowest BCUT2D eigenvalue weighted by atomic mass is 10.4. The summed E-state index contributed by atoms with van der Waals surface area (Å²) in [5.41, 5.74) is 0. The summed E-state index contributed by atoms with van der Waals surface area (Å²) in [5, 5.41) is 8.56. The van der Waals surface area contributed by atoms with Crippen LogP contribution in [0.15, 0.2) is 0 Å². The number of hydrogen-bond donors (Lipinski definition) is 1. The third-order valence-corrected chi connectivity index (χ3v) is 4.69. The van der Waals surface area contributed by atoms with Crippen molar-refractivity contribution in [2.24, 2.45) is 5.92 Å². The van der Waals surface area contributed by atoms with E-state index in [-0.39, 0.29) is 19.5 Å². The van der Waals surface area contributed by atoms with Crippen molar-refractivity contribution < 1.29 is 18.3 Å². The second-order valence-electron chi connectivity index (χ2n) is 4.41. The Hall–Kier alpha value is -1.10. The van der Waals surface area contributed by atoms with E-state index in [1.165, 1.54) is 11.4 Å². The zero-order valence-electron chi connectivity index (χ0n) is 10.4. The van der Waals surface area contributed by atoms with E-state index in [0.717, 1.165) is 17.1 Å². The van der Waals surface area contributed by atoms with Crippen LogP contribution in [0, 0.1) is 18.3 Å². The van der Waals surface area contributed by atoms with E-state index >= 15 is 0 Å². The van der Waals surface area contributed by atoms with Crippen molar-refractivity contribution in [3.8, 4) is 12.3 Å². The average Bonchev–Trinajstić information content (AvgIpc) is 3.09. The summed E-state index contributed by atoms with van der Waals surface area (Å²) in [6, 6.07) is 0. The van der Waals surface area contributed by atoms with Crippen LogP contribution in [0.2, 0.25) is 0 Å². The molecule has 7 heteroatoms. The molecule has 0 aromatic heterocycles. The van der Waals surface area contributed by atoms with Crippen molar-refractivity contribution in [2.75, 3.05) is 26.7 Å². The van der Waals surface area contributed by atoms with Crippen molar-refractivity contribution in [1.29, 1.82) is 0 Å². The fourth-order valence-corrected chi connectivity index (χ4v) is 2.85. The molecule has 0 bridgehead atoms. The predicted molar refractivity (Wildman–Crippen MR) is 66.9 cm³/mol. The number of hydrogen-bond acceptors (Lipinski definition) is 3. The standard InChI is InChI=1S/C11H18N2O4S/c1-3-7-13(9-10-4-5-10)18(16,17)12(2)8-6-11(14)15/h1,10H,4-9H2,2H3,(H,14,15). The lowest BCUT2D eigenvalue weighted by Gasteiger charge is -2.25. The average molecular weight is 274 g/mol. The van der Waals surface area contributed by atoms with Gasteiger partial charge in [-0.05, 0) is 18.8 Å². The van der Waals surface area contributed by atoms with E-state index in [2.05, 4.69) is 5.92 Å². The molecule has 0 saturated heterocycles. The molecule has 0 radical (unpaired) electrons. The van der Waals surface area contributed by atoms with Crippen molar-refractivity contribution in [3.63, 3.8) is 0 Å². The van der Waals surface area contributed by atoms with Crippen LogP contribution in [-0.4, -0.2) is 54.8 Å². The van der Waals surface area contributed by atoms with Crippen LogP contribution < -0.4 is 0 Å². The minimum atomic E-state index is -3.65. The van der Waals surface area contributed by atoms with Gasteiger partial charge in [-0.1, -0.05) is 5.92 Å². The summed E-state index contributed by atoms with van der Waals surface area (Å²) in [5.74, 6) is 1.70. The number of terminal acetylenes is 1. The molecule has 1 aliphatic rings. The van der Waals surface area contributed by atoms with E-state index in [0.29, 0.717) is 12.5 Å². The van der Waals surface area contributed by atoms with Crippen LogP contribution in [0.3, 0.4) is 0 Å². The summed E-state index contributed by atoms with van der Waals surface area (Å²) >= 11 is 0. The Morgan fingerprint density at radius 1 is 1.50 bits per heavy atom. The molecule has 0 heterocycles. The van der Waals surface area contributed by atoms with Crippen molar-refractivity contribution in [1.82, 2.24) is 8.61 Å². The molecule has 1 rings (SSSR count). The lowest BCUT2D eigenvalue weighted by molar-refractivity contribution is -0.137. The quantitative estimate of drug-likeness (QED) is 0.631.